The summed E-state index contributed by atoms with van der Waals surface area (Å²) >= 11 is 0. The van der Waals surface area contributed by atoms with Gasteiger partial charge in [0.25, 0.3) is 5.91 Å². The van der Waals surface area contributed by atoms with Gasteiger partial charge >= 0.3 is 0 Å². The number of hydrogen-bond acceptors (Lipinski definition) is 3. The lowest BCUT2D eigenvalue weighted by atomic mass is 10.1. The maximum atomic E-state index is 13.3. The number of amides is 1. The Kier molecular flexibility index (Phi) is 2.82. The van der Waals surface area contributed by atoms with E-state index in [4.69, 9.17) is 0 Å². The molecular formula is C15H12FNO3. The molecule has 1 aliphatic rings. The highest BCUT2D eigenvalue weighted by Gasteiger charge is 2.29. The van der Waals surface area contributed by atoms with Gasteiger partial charge < -0.3 is 15.1 Å². The maximum Gasteiger partial charge on any atom is 0.265 e. The molecule has 0 spiro atoms. The lowest BCUT2D eigenvalue weighted by molar-refractivity contribution is 0.0984. The summed E-state index contributed by atoms with van der Waals surface area (Å²) in [6.07, 6.45) is 0.621. The maximum absolute atomic E-state index is 13.3. The van der Waals surface area contributed by atoms with E-state index in [1.54, 1.807) is 6.07 Å². The van der Waals surface area contributed by atoms with E-state index in [1.807, 2.05) is 0 Å². The van der Waals surface area contributed by atoms with Gasteiger partial charge in [0.15, 0.2) is 0 Å². The van der Waals surface area contributed by atoms with Crippen LogP contribution in [0.3, 0.4) is 0 Å². The molecule has 0 unspecified atom stereocenters. The minimum atomic E-state index is -0.537. The molecule has 0 fully saturated rings. The van der Waals surface area contributed by atoms with Gasteiger partial charge in [-0.3, -0.25) is 4.79 Å². The van der Waals surface area contributed by atoms with E-state index in [2.05, 4.69) is 0 Å². The molecule has 4 nitrogen and oxygen atoms in total. The Hall–Kier alpha value is -2.56. The van der Waals surface area contributed by atoms with Gasteiger partial charge in [0.05, 0.1) is 5.69 Å². The van der Waals surface area contributed by atoms with Gasteiger partial charge in [-0.1, -0.05) is 12.1 Å². The summed E-state index contributed by atoms with van der Waals surface area (Å²) in [7, 11) is 0. The average Bonchev–Trinajstić information content (AvgIpc) is 2.81. The summed E-state index contributed by atoms with van der Waals surface area (Å²) in [5, 5.41) is 19.5. The number of rotatable bonds is 1. The Morgan fingerprint density at radius 3 is 2.55 bits per heavy atom. The highest BCUT2D eigenvalue weighted by molar-refractivity contribution is 6.10. The van der Waals surface area contributed by atoms with Crippen LogP contribution in [-0.2, 0) is 6.42 Å². The monoisotopic (exact) mass is 273 g/mol. The fraction of sp³-hybridized carbons (Fsp3) is 0.133. The van der Waals surface area contributed by atoms with E-state index in [1.165, 1.54) is 35.2 Å². The summed E-state index contributed by atoms with van der Waals surface area (Å²) in [5.74, 6) is -1.55. The fourth-order valence-corrected chi connectivity index (χ4v) is 2.45. The smallest absolute Gasteiger partial charge is 0.265 e. The first-order chi connectivity index (χ1) is 9.58. The van der Waals surface area contributed by atoms with Gasteiger partial charge in [-0.25, -0.2) is 4.39 Å². The molecule has 2 N–H and O–H groups in total. The number of carbonyl (C=O) groups excluding carboxylic acids is 1. The van der Waals surface area contributed by atoms with E-state index < -0.39 is 11.7 Å². The zero-order valence-corrected chi connectivity index (χ0v) is 10.5. The highest BCUT2D eigenvalue weighted by atomic mass is 19.1. The van der Waals surface area contributed by atoms with Gasteiger partial charge in [-0.15, -0.1) is 0 Å². The van der Waals surface area contributed by atoms with Crippen LogP contribution in [-0.4, -0.2) is 22.7 Å². The second-order valence-corrected chi connectivity index (χ2v) is 4.65. The van der Waals surface area contributed by atoms with Crippen molar-refractivity contribution in [3.05, 3.63) is 53.3 Å². The topological polar surface area (TPSA) is 60.8 Å². The Morgan fingerprint density at radius 1 is 1.15 bits per heavy atom. The molecular weight excluding hydrogens is 261 g/mol. The lowest BCUT2D eigenvalue weighted by Crippen LogP contribution is -2.29. The van der Waals surface area contributed by atoms with Gasteiger partial charge in [0.1, 0.15) is 22.9 Å². The van der Waals surface area contributed by atoms with Crippen molar-refractivity contribution in [3.8, 4) is 11.5 Å². The van der Waals surface area contributed by atoms with Crippen molar-refractivity contribution in [2.24, 2.45) is 0 Å². The number of halogens is 1. The zero-order valence-electron chi connectivity index (χ0n) is 10.5. The Bertz CT molecular complexity index is 679. The van der Waals surface area contributed by atoms with Gasteiger partial charge in [-0.2, -0.15) is 0 Å². The summed E-state index contributed by atoms with van der Waals surface area (Å²) in [6, 6.07) is 8.38. The standard InChI is InChI=1S/C15H12FNO3/c16-10-5-4-9-6-7-17(11(9)8-10)15(20)14-12(18)2-1-3-13(14)19/h1-5,8,18-19H,6-7H2. The minimum absolute atomic E-state index is 0.162. The number of carbonyl (C=O) groups is 1. The van der Waals surface area contributed by atoms with Crippen LogP contribution >= 0.6 is 0 Å². The highest BCUT2D eigenvalue weighted by Crippen LogP contribution is 2.34. The first-order valence-corrected chi connectivity index (χ1v) is 6.19. The van der Waals surface area contributed by atoms with Crippen molar-refractivity contribution in [1.82, 2.24) is 0 Å². The molecule has 0 radical (unpaired) electrons. The van der Waals surface area contributed by atoms with Crippen molar-refractivity contribution < 1.29 is 19.4 Å². The third-order valence-electron chi connectivity index (χ3n) is 3.42. The van der Waals surface area contributed by atoms with E-state index in [9.17, 15) is 19.4 Å². The second-order valence-electron chi connectivity index (χ2n) is 4.65. The molecule has 1 heterocycles. The largest absolute Gasteiger partial charge is 0.507 e. The molecule has 0 saturated carbocycles. The number of benzene rings is 2. The predicted molar refractivity (Wildman–Crippen MR) is 71.6 cm³/mol. The molecule has 3 rings (SSSR count). The summed E-state index contributed by atoms with van der Waals surface area (Å²) in [6.45, 7) is 0.394. The summed E-state index contributed by atoms with van der Waals surface area (Å²) < 4.78 is 13.3. The molecule has 1 aliphatic heterocycles. The molecule has 0 saturated heterocycles. The fourth-order valence-electron chi connectivity index (χ4n) is 2.45. The van der Waals surface area contributed by atoms with Crippen LogP contribution in [0.4, 0.5) is 10.1 Å². The number of aromatic hydroxyl groups is 2. The van der Waals surface area contributed by atoms with Crippen molar-refractivity contribution in [2.45, 2.75) is 6.42 Å². The first-order valence-electron chi connectivity index (χ1n) is 6.19. The van der Waals surface area contributed by atoms with Crippen molar-refractivity contribution in [3.63, 3.8) is 0 Å². The molecule has 2 aromatic rings. The number of fused-ring (bicyclic) bond motifs is 1. The van der Waals surface area contributed by atoms with Crippen LogP contribution in [0.1, 0.15) is 15.9 Å². The second kappa shape index (κ2) is 4.52. The van der Waals surface area contributed by atoms with E-state index >= 15 is 0 Å². The van der Waals surface area contributed by atoms with Crippen LogP contribution in [0.15, 0.2) is 36.4 Å². The Labute approximate surface area is 114 Å². The van der Waals surface area contributed by atoms with Gasteiger partial charge in [0, 0.05) is 6.54 Å². The average molecular weight is 273 g/mol. The molecule has 5 heteroatoms. The van der Waals surface area contributed by atoms with E-state index in [-0.39, 0.29) is 17.1 Å². The molecule has 2 aromatic carbocycles. The van der Waals surface area contributed by atoms with Crippen LogP contribution in [0.2, 0.25) is 0 Å². The normalized spacial score (nSPS) is 13.3. The first kappa shape index (κ1) is 12.5. The quantitative estimate of drug-likeness (QED) is 0.839. The molecule has 0 bridgehead atoms. The molecule has 1 amide bonds. The van der Waals surface area contributed by atoms with E-state index in [0.717, 1.165) is 5.56 Å². The Morgan fingerprint density at radius 2 is 1.85 bits per heavy atom. The predicted octanol–water partition coefficient (Wildman–Crippen LogP) is 2.44. The summed E-state index contributed by atoms with van der Waals surface area (Å²) in [4.78, 5) is 13.8. The third-order valence-corrected chi connectivity index (χ3v) is 3.42. The number of anilines is 1. The van der Waals surface area contributed by atoms with Gasteiger partial charge in [0.2, 0.25) is 0 Å². The molecule has 20 heavy (non-hydrogen) atoms. The van der Waals surface area contributed by atoms with E-state index in [0.29, 0.717) is 18.7 Å². The third kappa shape index (κ3) is 1.87. The Balaban J connectivity index is 2.04. The molecule has 102 valence electrons. The van der Waals surface area contributed by atoms with Crippen LogP contribution in [0.25, 0.3) is 0 Å². The zero-order chi connectivity index (χ0) is 14.3. The molecule has 0 aliphatic carbocycles. The van der Waals surface area contributed by atoms with Gasteiger partial charge in [-0.05, 0) is 36.2 Å². The number of phenols is 2. The number of phenolic OH excluding ortho intramolecular Hbond substituents is 2. The van der Waals surface area contributed by atoms with Crippen LogP contribution < -0.4 is 4.90 Å². The molecule has 0 aromatic heterocycles. The molecule has 0 atom stereocenters. The lowest BCUT2D eigenvalue weighted by Gasteiger charge is -2.18. The minimum Gasteiger partial charge on any atom is -0.507 e. The van der Waals surface area contributed by atoms with Crippen LogP contribution in [0.5, 0.6) is 11.5 Å². The number of nitrogens with zero attached hydrogens (tertiary/aromatic N) is 1. The van der Waals surface area contributed by atoms with Crippen molar-refractivity contribution in [2.75, 3.05) is 11.4 Å². The van der Waals surface area contributed by atoms with Crippen molar-refractivity contribution in [1.29, 1.82) is 0 Å². The van der Waals surface area contributed by atoms with Crippen LogP contribution in [0, 0.1) is 5.82 Å². The summed E-state index contributed by atoms with van der Waals surface area (Å²) in [5.41, 5.74) is 1.19. The number of hydrogen-bond donors (Lipinski definition) is 2. The SMILES string of the molecule is O=C(c1c(O)cccc1O)N1CCc2ccc(F)cc21. The van der Waals surface area contributed by atoms with Crippen molar-refractivity contribution >= 4 is 11.6 Å².